The van der Waals surface area contributed by atoms with Crippen LogP contribution in [0.5, 0.6) is 5.75 Å². The van der Waals surface area contributed by atoms with Crippen molar-refractivity contribution in [3.63, 3.8) is 0 Å². The first-order valence-corrected chi connectivity index (χ1v) is 8.33. The summed E-state index contributed by atoms with van der Waals surface area (Å²) in [6, 6.07) is 20.8. The first kappa shape index (κ1) is 12.5. The average molecular weight is 340 g/mol. The van der Waals surface area contributed by atoms with E-state index >= 15 is 0 Å². The van der Waals surface area contributed by atoms with Gasteiger partial charge in [-0.15, -0.1) is 0 Å². The summed E-state index contributed by atoms with van der Waals surface area (Å²) in [7, 11) is 0. The topological polar surface area (TPSA) is 9.23 Å². The summed E-state index contributed by atoms with van der Waals surface area (Å²) in [4.78, 5) is 0. The van der Waals surface area contributed by atoms with E-state index in [1.807, 2.05) is 30.3 Å². The zero-order valence-corrected chi connectivity index (χ0v) is 12.2. The van der Waals surface area contributed by atoms with Gasteiger partial charge in [0.15, 0.2) is 0 Å². The molecule has 0 radical (unpaired) electrons. The first-order chi connectivity index (χ1) is 8.38. The van der Waals surface area contributed by atoms with Crippen molar-refractivity contribution >= 4 is 24.5 Å². The van der Waals surface area contributed by atoms with Gasteiger partial charge in [0.05, 0.1) is 0 Å². The van der Waals surface area contributed by atoms with Crippen molar-refractivity contribution in [1.82, 2.24) is 0 Å². The van der Waals surface area contributed by atoms with E-state index in [1.54, 1.807) is 0 Å². The monoisotopic (exact) mass is 342 g/mol. The van der Waals surface area contributed by atoms with Gasteiger partial charge in [-0.25, -0.2) is 0 Å². The van der Waals surface area contributed by atoms with Crippen LogP contribution in [-0.2, 0) is 0 Å². The Balaban J connectivity index is 1.98. The number of hydrogen-bond donors (Lipinski definition) is 0. The molecule has 88 valence electrons. The minimum atomic E-state index is -0.278. The molecule has 0 spiro atoms. The quantitative estimate of drug-likeness (QED) is 0.761. The van der Waals surface area contributed by atoms with Gasteiger partial charge in [0, 0.05) is 0 Å². The molecular formula is C15H16OTe. The Bertz CT molecular complexity index is 386. The van der Waals surface area contributed by atoms with Gasteiger partial charge in [-0.1, -0.05) is 0 Å². The SMILES string of the molecule is CCC(Oc1ccccc1)[Te]c1ccccc1. The molecular weight excluding hydrogens is 324 g/mol. The predicted molar refractivity (Wildman–Crippen MR) is 73.0 cm³/mol. The van der Waals surface area contributed by atoms with Crippen molar-refractivity contribution in [3.8, 4) is 5.75 Å². The summed E-state index contributed by atoms with van der Waals surface area (Å²) in [5.74, 6) is 0.986. The van der Waals surface area contributed by atoms with Crippen LogP contribution < -0.4 is 8.35 Å². The van der Waals surface area contributed by atoms with E-state index < -0.39 is 0 Å². The summed E-state index contributed by atoms with van der Waals surface area (Å²) in [5.41, 5.74) is 0. The third kappa shape index (κ3) is 4.07. The Hall–Kier alpha value is -0.970. The van der Waals surface area contributed by atoms with Gasteiger partial charge in [0.2, 0.25) is 0 Å². The molecule has 0 saturated carbocycles. The van der Waals surface area contributed by atoms with Crippen LogP contribution >= 0.6 is 0 Å². The minimum absolute atomic E-state index is 0.278. The van der Waals surface area contributed by atoms with Crippen molar-refractivity contribution < 1.29 is 4.74 Å². The molecule has 0 aromatic heterocycles. The van der Waals surface area contributed by atoms with Crippen LogP contribution in [0.3, 0.4) is 0 Å². The molecule has 0 N–H and O–H groups in total. The predicted octanol–water partition coefficient (Wildman–Crippen LogP) is 2.83. The van der Waals surface area contributed by atoms with Gasteiger partial charge < -0.3 is 0 Å². The van der Waals surface area contributed by atoms with E-state index in [0.29, 0.717) is 4.15 Å². The third-order valence-electron chi connectivity index (χ3n) is 2.35. The molecule has 1 unspecified atom stereocenters. The number of para-hydroxylation sites is 1. The summed E-state index contributed by atoms with van der Waals surface area (Å²) < 4.78 is 7.86. The maximum absolute atomic E-state index is 6.03. The van der Waals surface area contributed by atoms with E-state index in [2.05, 4.69) is 37.3 Å². The van der Waals surface area contributed by atoms with Crippen LogP contribution in [0.1, 0.15) is 13.3 Å². The van der Waals surface area contributed by atoms with Gasteiger partial charge >= 0.3 is 113 Å². The molecule has 0 saturated heterocycles. The molecule has 1 nitrogen and oxygen atoms in total. The zero-order chi connectivity index (χ0) is 11.9. The Morgan fingerprint density at radius 2 is 1.53 bits per heavy atom. The number of rotatable bonds is 5. The molecule has 0 bridgehead atoms. The molecule has 0 amide bonds. The van der Waals surface area contributed by atoms with Crippen molar-refractivity contribution in [2.45, 2.75) is 17.5 Å². The van der Waals surface area contributed by atoms with Crippen LogP contribution in [0.15, 0.2) is 60.7 Å². The molecule has 0 heterocycles. The molecule has 2 aromatic carbocycles. The van der Waals surface area contributed by atoms with Crippen LogP contribution in [0.4, 0.5) is 0 Å². The van der Waals surface area contributed by atoms with Crippen LogP contribution in [0.25, 0.3) is 0 Å². The Morgan fingerprint density at radius 3 is 2.12 bits per heavy atom. The van der Waals surface area contributed by atoms with E-state index in [9.17, 15) is 0 Å². The van der Waals surface area contributed by atoms with E-state index in [4.69, 9.17) is 4.74 Å². The van der Waals surface area contributed by atoms with Gasteiger partial charge in [0.25, 0.3) is 0 Å². The van der Waals surface area contributed by atoms with Gasteiger partial charge in [-0.3, -0.25) is 0 Å². The Kier molecular flexibility index (Phi) is 4.91. The number of hydrogen-bond acceptors (Lipinski definition) is 1. The molecule has 2 rings (SSSR count). The molecule has 0 fully saturated rings. The van der Waals surface area contributed by atoms with E-state index in [1.165, 1.54) is 3.61 Å². The second-order valence-corrected chi connectivity index (χ2v) is 7.22. The fourth-order valence-corrected chi connectivity index (χ4v) is 4.19. The summed E-state index contributed by atoms with van der Waals surface area (Å²) in [6.07, 6.45) is 1.08. The third-order valence-corrected chi connectivity index (χ3v) is 5.88. The van der Waals surface area contributed by atoms with Crippen molar-refractivity contribution in [3.05, 3.63) is 60.7 Å². The fourth-order valence-electron chi connectivity index (χ4n) is 1.49. The average Bonchev–Trinajstić information content (AvgIpc) is 2.40. The molecule has 1 atom stereocenters. The first-order valence-electron chi connectivity index (χ1n) is 5.82. The molecule has 17 heavy (non-hydrogen) atoms. The fraction of sp³-hybridized carbons (Fsp3) is 0.200. The van der Waals surface area contributed by atoms with Crippen molar-refractivity contribution in [2.75, 3.05) is 0 Å². The van der Waals surface area contributed by atoms with Gasteiger partial charge in [-0.2, -0.15) is 0 Å². The normalized spacial score (nSPS) is 12.1. The molecule has 0 aliphatic rings. The van der Waals surface area contributed by atoms with Gasteiger partial charge in [-0.05, 0) is 0 Å². The van der Waals surface area contributed by atoms with E-state index in [0.717, 1.165) is 12.2 Å². The van der Waals surface area contributed by atoms with Gasteiger partial charge in [0.1, 0.15) is 0 Å². The summed E-state index contributed by atoms with van der Waals surface area (Å²) >= 11 is -0.278. The molecule has 2 aromatic rings. The summed E-state index contributed by atoms with van der Waals surface area (Å²) in [6.45, 7) is 2.20. The van der Waals surface area contributed by atoms with Crippen molar-refractivity contribution in [1.29, 1.82) is 0 Å². The van der Waals surface area contributed by atoms with Crippen LogP contribution in [-0.4, -0.2) is 25.1 Å². The van der Waals surface area contributed by atoms with Crippen LogP contribution in [0, 0.1) is 0 Å². The second kappa shape index (κ2) is 6.69. The molecule has 2 heteroatoms. The number of benzene rings is 2. The van der Waals surface area contributed by atoms with Crippen molar-refractivity contribution in [2.24, 2.45) is 0 Å². The van der Waals surface area contributed by atoms with E-state index in [-0.39, 0.29) is 20.9 Å². The number of ether oxygens (including phenoxy) is 1. The molecule has 0 aliphatic carbocycles. The standard InChI is InChI=1S/C15H16OTe/c1-2-15(16-13-9-5-3-6-10-13)17-14-11-7-4-8-12-14/h3-12,15H,2H2,1H3. The zero-order valence-electron chi connectivity index (χ0n) is 9.87. The maximum atomic E-state index is 6.03. The van der Waals surface area contributed by atoms with Crippen LogP contribution in [0.2, 0.25) is 0 Å². The molecule has 0 aliphatic heterocycles. The second-order valence-electron chi connectivity index (χ2n) is 3.70. The summed E-state index contributed by atoms with van der Waals surface area (Å²) in [5, 5.41) is 0. The Labute approximate surface area is 113 Å². The Morgan fingerprint density at radius 1 is 0.941 bits per heavy atom.